The van der Waals surface area contributed by atoms with Crippen LogP contribution in [-0.4, -0.2) is 9.97 Å². The second-order valence-corrected chi connectivity index (χ2v) is 6.13. The lowest BCUT2D eigenvalue weighted by Gasteiger charge is -2.12. The monoisotopic (exact) mass is 358 g/mol. The predicted octanol–water partition coefficient (Wildman–Crippen LogP) is 5.91. The van der Waals surface area contributed by atoms with Crippen LogP contribution in [0.2, 0.25) is 15.1 Å². The van der Waals surface area contributed by atoms with Gasteiger partial charge in [-0.15, -0.1) is 12.6 Å². The van der Waals surface area contributed by atoms with Gasteiger partial charge in [-0.2, -0.15) is 0 Å². The predicted molar refractivity (Wildman–Crippen MR) is 89.6 cm³/mol. The Balaban J connectivity index is 2.11. The average Bonchev–Trinajstić information content (AvgIpc) is 2.77. The highest BCUT2D eigenvalue weighted by atomic mass is 35.5. The van der Waals surface area contributed by atoms with Crippen LogP contribution in [0, 0.1) is 6.92 Å². The lowest BCUT2D eigenvalue weighted by molar-refractivity contribution is 0.473. The molecule has 2 aromatic carbocycles. The Morgan fingerprint density at radius 1 is 1.14 bits per heavy atom. The number of hydrogen-bond donors (Lipinski definition) is 2. The molecular weight excluding hydrogens is 351 g/mol. The Labute approximate surface area is 141 Å². The number of aryl methyl sites for hydroxylation is 1. The zero-order valence-electron chi connectivity index (χ0n) is 10.7. The van der Waals surface area contributed by atoms with Gasteiger partial charge in [-0.3, -0.25) is 0 Å². The minimum atomic E-state index is 0.396. The number of rotatable bonds is 2. The minimum absolute atomic E-state index is 0.396. The molecule has 0 unspecified atom stereocenters. The summed E-state index contributed by atoms with van der Waals surface area (Å²) in [6.45, 7) is 1.86. The van der Waals surface area contributed by atoms with Crippen molar-refractivity contribution in [3.63, 3.8) is 0 Å². The van der Waals surface area contributed by atoms with Gasteiger partial charge in [0.1, 0.15) is 11.6 Å². The molecular formula is C14H9Cl3N2OS. The quantitative estimate of drug-likeness (QED) is 0.558. The molecule has 0 bridgehead atoms. The summed E-state index contributed by atoms with van der Waals surface area (Å²) in [6.07, 6.45) is 0. The Kier molecular flexibility index (Phi) is 3.97. The molecule has 0 aliphatic carbocycles. The largest absolute Gasteiger partial charge is 0.453 e. The van der Waals surface area contributed by atoms with Crippen molar-refractivity contribution in [1.82, 2.24) is 9.97 Å². The summed E-state index contributed by atoms with van der Waals surface area (Å²) in [5, 5.41) is 1.33. The number of imidazole rings is 1. The summed E-state index contributed by atoms with van der Waals surface area (Å²) in [5.74, 6) is 1.65. The van der Waals surface area contributed by atoms with Crippen molar-refractivity contribution in [2.24, 2.45) is 0 Å². The summed E-state index contributed by atoms with van der Waals surface area (Å²) in [6, 6.07) is 6.69. The maximum atomic E-state index is 6.25. The van der Waals surface area contributed by atoms with Crippen LogP contribution in [0.25, 0.3) is 11.0 Å². The molecule has 1 N–H and O–H groups in total. The van der Waals surface area contributed by atoms with Crippen LogP contribution >= 0.6 is 47.4 Å². The van der Waals surface area contributed by atoms with Gasteiger partial charge < -0.3 is 9.72 Å². The van der Waals surface area contributed by atoms with Gasteiger partial charge in [0.05, 0.1) is 26.0 Å². The van der Waals surface area contributed by atoms with E-state index >= 15 is 0 Å². The third-order valence-electron chi connectivity index (χ3n) is 2.89. The first kappa shape index (κ1) is 14.9. The Hall–Kier alpha value is -1.07. The molecule has 108 valence electrons. The lowest BCUT2D eigenvalue weighted by atomic mass is 10.3. The van der Waals surface area contributed by atoms with Crippen LogP contribution in [0.3, 0.4) is 0 Å². The van der Waals surface area contributed by atoms with Crippen LogP contribution in [-0.2, 0) is 0 Å². The molecule has 0 radical (unpaired) electrons. The first-order valence-corrected chi connectivity index (χ1v) is 7.54. The number of nitrogens with one attached hydrogen (secondary N) is 1. The van der Waals surface area contributed by atoms with Gasteiger partial charge in [0.15, 0.2) is 5.75 Å². The molecule has 0 aliphatic rings. The van der Waals surface area contributed by atoms with Crippen molar-refractivity contribution in [3.05, 3.63) is 45.2 Å². The fourth-order valence-electron chi connectivity index (χ4n) is 1.97. The lowest BCUT2D eigenvalue weighted by Crippen LogP contribution is -1.89. The van der Waals surface area contributed by atoms with Crippen molar-refractivity contribution in [2.75, 3.05) is 0 Å². The van der Waals surface area contributed by atoms with Crippen molar-refractivity contribution in [2.45, 2.75) is 11.8 Å². The maximum Gasteiger partial charge on any atom is 0.161 e. The van der Waals surface area contributed by atoms with Gasteiger partial charge in [-0.05, 0) is 31.2 Å². The first-order valence-electron chi connectivity index (χ1n) is 5.96. The van der Waals surface area contributed by atoms with Gasteiger partial charge >= 0.3 is 0 Å². The van der Waals surface area contributed by atoms with Crippen molar-refractivity contribution in [1.29, 1.82) is 0 Å². The topological polar surface area (TPSA) is 37.9 Å². The van der Waals surface area contributed by atoms with Gasteiger partial charge in [-0.1, -0.05) is 34.8 Å². The van der Waals surface area contributed by atoms with Crippen LogP contribution in [0.1, 0.15) is 5.82 Å². The number of benzene rings is 2. The van der Waals surface area contributed by atoms with E-state index in [0.717, 1.165) is 16.9 Å². The van der Waals surface area contributed by atoms with E-state index in [1.165, 1.54) is 0 Å². The molecule has 0 atom stereocenters. The van der Waals surface area contributed by atoms with Crippen LogP contribution in [0.5, 0.6) is 11.5 Å². The van der Waals surface area contributed by atoms with E-state index in [4.69, 9.17) is 39.5 Å². The molecule has 1 aromatic heterocycles. The van der Waals surface area contributed by atoms with Crippen molar-refractivity contribution >= 4 is 58.5 Å². The number of hydrogen-bond acceptors (Lipinski definition) is 3. The van der Waals surface area contributed by atoms with Gasteiger partial charge in [-0.25, -0.2) is 4.98 Å². The maximum absolute atomic E-state index is 6.25. The Morgan fingerprint density at radius 2 is 1.90 bits per heavy atom. The number of aromatic nitrogens is 2. The summed E-state index contributed by atoms with van der Waals surface area (Å²) in [4.78, 5) is 8.02. The van der Waals surface area contributed by atoms with Gasteiger partial charge in [0.25, 0.3) is 0 Å². The average molecular weight is 360 g/mol. The molecule has 0 saturated carbocycles. The number of nitrogens with zero attached hydrogens (tertiary/aromatic N) is 1. The zero-order chi connectivity index (χ0) is 15.1. The zero-order valence-corrected chi connectivity index (χ0v) is 13.9. The van der Waals surface area contributed by atoms with Gasteiger partial charge in [0, 0.05) is 5.02 Å². The number of thiol groups is 1. The summed E-state index contributed by atoms with van der Waals surface area (Å²) < 4.78 is 5.80. The summed E-state index contributed by atoms with van der Waals surface area (Å²) >= 11 is 22.7. The van der Waals surface area contributed by atoms with E-state index in [1.54, 1.807) is 24.3 Å². The molecule has 3 nitrogen and oxygen atoms in total. The fraction of sp³-hybridized carbons (Fsp3) is 0.0714. The third-order valence-corrected chi connectivity index (χ3v) is 4.13. The van der Waals surface area contributed by atoms with E-state index < -0.39 is 0 Å². The first-order chi connectivity index (χ1) is 9.95. The molecule has 3 aromatic rings. The molecule has 3 rings (SSSR count). The fourth-order valence-corrected chi connectivity index (χ4v) is 3.06. The number of aromatic amines is 1. The van der Waals surface area contributed by atoms with E-state index in [0.29, 0.717) is 31.5 Å². The minimum Gasteiger partial charge on any atom is -0.453 e. The Morgan fingerprint density at radius 3 is 2.62 bits per heavy atom. The van der Waals surface area contributed by atoms with Gasteiger partial charge in [0.2, 0.25) is 0 Å². The second kappa shape index (κ2) is 5.61. The van der Waals surface area contributed by atoms with Crippen molar-refractivity contribution in [3.8, 4) is 11.5 Å². The molecule has 0 saturated heterocycles. The highest BCUT2D eigenvalue weighted by Crippen LogP contribution is 2.41. The number of ether oxygens (including phenoxy) is 1. The highest BCUT2D eigenvalue weighted by molar-refractivity contribution is 7.80. The van der Waals surface area contributed by atoms with Crippen LogP contribution in [0.4, 0.5) is 0 Å². The van der Waals surface area contributed by atoms with E-state index in [2.05, 4.69) is 22.6 Å². The molecule has 0 aliphatic heterocycles. The van der Waals surface area contributed by atoms with E-state index in [9.17, 15) is 0 Å². The third kappa shape index (κ3) is 2.81. The molecule has 1 heterocycles. The molecule has 0 fully saturated rings. The van der Waals surface area contributed by atoms with E-state index in [-0.39, 0.29) is 0 Å². The standard InChI is InChI=1S/C14H9Cl3N2OS/c1-6-18-10-5-9(17)13(14(21)12(10)19-6)20-11-3-2-7(15)4-8(11)16/h2-5,21H,1H3,(H,18,19). The Bertz CT molecular complexity index is 848. The number of halogens is 3. The van der Waals surface area contributed by atoms with Crippen LogP contribution in [0.15, 0.2) is 29.2 Å². The highest BCUT2D eigenvalue weighted by Gasteiger charge is 2.16. The van der Waals surface area contributed by atoms with Crippen molar-refractivity contribution < 1.29 is 4.74 Å². The molecule has 21 heavy (non-hydrogen) atoms. The van der Waals surface area contributed by atoms with Crippen LogP contribution < -0.4 is 4.74 Å². The summed E-state index contributed by atoms with van der Waals surface area (Å²) in [5.41, 5.74) is 1.50. The van der Waals surface area contributed by atoms with E-state index in [1.807, 2.05) is 6.92 Å². The molecule has 0 amide bonds. The normalized spacial score (nSPS) is 11.1. The number of H-pyrrole nitrogens is 1. The second-order valence-electron chi connectivity index (χ2n) is 4.43. The smallest absolute Gasteiger partial charge is 0.161 e. The molecule has 0 spiro atoms. The molecule has 7 heteroatoms. The summed E-state index contributed by atoms with van der Waals surface area (Å²) in [7, 11) is 0. The number of fused-ring (bicyclic) bond motifs is 1. The SMILES string of the molecule is Cc1nc2cc(Cl)c(Oc3ccc(Cl)cc3Cl)c(S)c2[nH]1.